The summed E-state index contributed by atoms with van der Waals surface area (Å²) < 4.78 is 58.0. The van der Waals surface area contributed by atoms with Crippen LogP contribution in [0.5, 0.6) is 46.0 Å². The Labute approximate surface area is 435 Å². The molecule has 0 amide bonds. The molecule has 0 fully saturated rings. The topological polar surface area (TPSA) is 83.1 Å². The van der Waals surface area contributed by atoms with Crippen LogP contribution < -0.4 is 37.9 Å². The van der Waals surface area contributed by atoms with Crippen LogP contribution in [0.4, 0.5) is 0 Å². The maximum Gasteiger partial charge on any atom is 0.161 e. The molecular weight excluding hydrogens is 913 g/mol. The fraction of sp³-hybridized carbons (Fsp3) is 0.438. The van der Waals surface area contributed by atoms with E-state index in [0.717, 1.165) is 80.3 Å². The summed E-state index contributed by atoms with van der Waals surface area (Å²) >= 11 is 0. The Bertz CT molecular complexity index is 2330. The predicted molar refractivity (Wildman–Crippen MR) is 291 cm³/mol. The second-order valence-corrected chi connectivity index (χ2v) is 19.3. The lowest BCUT2D eigenvalue weighted by Crippen LogP contribution is -2.15. The van der Waals surface area contributed by atoms with Crippen LogP contribution in [-0.2, 0) is 30.4 Å². The number of hydrogen-bond acceptors (Lipinski definition) is 9. The smallest absolute Gasteiger partial charge is 0.161 e. The molecule has 2 heterocycles. The minimum atomic E-state index is 0.327. The van der Waals surface area contributed by atoms with E-state index >= 15 is 0 Å². The number of benzene rings is 6. The van der Waals surface area contributed by atoms with Crippen molar-refractivity contribution in [3.8, 4) is 46.0 Å². The van der Waals surface area contributed by atoms with Gasteiger partial charge in [0.05, 0.1) is 26.4 Å². The summed E-state index contributed by atoms with van der Waals surface area (Å²) in [5.41, 5.74) is 9.05. The van der Waals surface area contributed by atoms with Crippen molar-refractivity contribution in [3.63, 3.8) is 0 Å². The van der Waals surface area contributed by atoms with Crippen LogP contribution in [-0.4, -0.2) is 66.1 Å². The minimum absolute atomic E-state index is 0.327. The first-order valence-corrected chi connectivity index (χ1v) is 27.4. The number of ether oxygens (including phenoxy) is 9. The van der Waals surface area contributed by atoms with Gasteiger partial charge in [0.1, 0.15) is 62.6 Å². The molecule has 0 N–H and O–H groups in total. The molecule has 1 aliphatic carbocycles. The molecule has 0 saturated heterocycles. The molecule has 9 nitrogen and oxygen atoms in total. The normalized spacial score (nSPS) is 14.3. The highest BCUT2D eigenvalue weighted by atomic mass is 16.6. The van der Waals surface area contributed by atoms with E-state index in [4.69, 9.17) is 42.6 Å². The summed E-state index contributed by atoms with van der Waals surface area (Å²) in [6.45, 7) is 8.72. The molecule has 3 aliphatic rings. The first kappa shape index (κ1) is 53.0. The van der Waals surface area contributed by atoms with Gasteiger partial charge in [0, 0.05) is 25.7 Å². The predicted octanol–water partition coefficient (Wildman–Crippen LogP) is 14.5. The lowest BCUT2D eigenvalue weighted by molar-refractivity contribution is 0.0742. The Morgan fingerprint density at radius 3 is 1.00 bits per heavy atom. The van der Waals surface area contributed by atoms with Crippen LogP contribution in [0.2, 0.25) is 0 Å². The van der Waals surface area contributed by atoms with E-state index in [1.165, 1.54) is 64.2 Å². The van der Waals surface area contributed by atoms with E-state index in [-0.39, 0.29) is 0 Å². The molecule has 0 spiro atoms. The van der Waals surface area contributed by atoms with Crippen molar-refractivity contribution in [2.75, 3.05) is 66.1 Å². The Morgan fingerprint density at radius 2 is 0.644 bits per heavy atom. The molecule has 388 valence electrons. The second-order valence-electron chi connectivity index (χ2n) is 19.3. The minimum Gasteiger partial charge on any atom is -0.494 e. The Hall–Kier alpha value is -6.32. The lowest BCUT2D eigenvalue weighted by Gasteiger charge is -2.21. The molecule has 6 aromatic rings. The van der Waals surface area contributed by atoms with Gasteiger partial charge in [-0.1, -0.05) is 151 Å². The molecule has 9 heteroatoms. The van der Waals surface area contributed by atoms with Crippen LogP contribution in [0.15, 0.2) is 121 Å². The first-order valence-electron chi connectivity index (χ1n) is 27.4. The summed E-state index contributed by atoms with van der Waals surface area (Å²) in [4.78, 5) is 0. The molecule has 6 aromatic carbocycles. The van der Waals surface area contributed by atoms with Crippen molar-refractivity contribution >= 4 is 0 Å². The number of fused-ring (bicyclic) bond motifs is 12. The van der Waals surface area contributed by atoms with E-state index in [1.54, 1.807) is 0 Å². The largest absolute Gasteiger partial charge is 0.494 e. The molecular formula is C64H78O9. The van der Waals surface area contributed by atoms with Crippen molar-refractivity contribution in [1.82, 2.24) is 0 Å². The average Bonchev–Trinajstić information content (AvgIpc) is 3.39. The molecule has 73 heavy (non-hydrogen) atoms. The standard InChI is InChI=1S/C64H78O9/c1-3-5-7-9-11-17-29-66-57-45-49-39-50(46-57)42-54-22-20-24-56-44-52-40-51(47-58(48-52)67-30-18-12-10-8-6-4-2)43-55-23-19-21-53(41-49)63(55)72-37-35-70-61-27-15-13-25-59(61)68-33-31-65-32-34-69-60-26-14-16-28-62(60)71-36-38-73-64(54)56/h13-16,19-28,39-40,45-48H,3-12,17-18,29-38,41-44H2,1-2H3. The third-order valence-corrected chi connectivity index (χ3v) is 13.4. The van der Waals surface area contributed by atoms with Crippen LogP contribution in [0, 0.1) is 0 Å². The van der Waals surface area contributed by atoms with Gasteiger partial charge in [-0.05, 0) is 106 Å². The van der Waals surface area contributed by atoms with E-state index in [2.05, 4.69) is 86.6 Å². The van der Waals surface area contributed by atoms with Crippen molar-refractivity contribution in [1.29, 1.82) is 0 Å². The summed E-state index contributed by atoms with van der Waals surface area (Å²) in [6, 6.07) is 42.2. The van der Waals surface area contributed by atoms with Crippen LogP contribution in [0.3, 0.4) is 0 Å². The zero-order chi connectivity index (χ0) is 50.1. The number of para-hydroxylation sites is 6. The molecule has 2 aliphatic heterocycles. The zero-order valence-corrected chi connectivity index (χ0v) is 43.6. The van der Waals surface area contributed by atoms with Gasteiger partial charge in [-0.2, -0.15) is 0 Å². The number of hydrogen-bond donors (Lipinski definition) is 0. The fourth-order valence-electron chi connectivity index (χ4n) is 9.75. The first-order chi connectivity index (χ1) is 36.1. The summed E-state index contributed by atoms with van der Waals surface area (Å²) in [6.07, 6.45) is 17.1. The summed E-state index contributed by atoms with van der Waals surface area (Å²) in [7, 11) is 0. The zero-order valence-electron chi connectivity index (χ0n) is 43.6. The molecule has 0 unspecified atom stereocenters. The summed E-state index contributed by atoms with van der Waals surface area (Å²) in [5, 5.41) is 0. The average molecular weight is 991 g/mol. The Kier molecular flexibility index (Phi) is 21.3. The molecule has 0 radical (unpaired) electrons. The van der Waals surface area contributed by atoms with Crippen molar-refractivity contribution < 1.29 is 42.6 Å². The van der Waals surface area contributed by atoms with Gasteiger partial charge < -0.3 is 42.6 Å². The quantitative estimate of drug-likeness (QED) is 0.0694. The van der Waals surface area contributed by atoms with Gasteiger partial charge in [-0.25, -0.2) is 0 Å². The Morgan fingerprint density at radius 1 is 0.329 bits per heavy atom. The monoisotopic (exact) mass is 991 g/mol. The highest BCUT2D eigenvalue weighted by Crippen LogP contribution is 2.36. The van der Waals surface area contributed by atoms with Gasteiger partial charge in [0.2, 0.25) is 0 Å². The van der Waals surface area contributed by atoms with Crippen molar-refractivity contribution in [2.45, 2.75) is 117 Å². The highest BCUT2D eigenvalue weighted by molar-refractivity contribution is 5.52. The van der Waals surface area contributed by atoms with E-state index in [9.17, 15) is 0 Å². The maximum atomic E-state index is 6.89. The van der Waals surface area contributed by atoms with Crippen LogP contribution in [0.25, 0.3) is 0 Å². The fourth-order valence-corrected chi connectivity index (χ4v) is 9.75. The molecule has 0 saturated carbocycles. The molecule has 9 rings (SSSR count). The van der Waals surface area contributed by atoms with Gasteiger partial charge in [-0.15, -0.1) is 0 Å². The van der Waals surface area contributed by atoms with Crippen molar-refractivity contribution in [3.05, 3.63) is 166 Å². The highest BCUT2D eigenvalue weighted by Gasteiger charge is 2.19. The van der Waals surface area contributed by atoms with E-state index in [0.29, 0.717) is 115 Å². The van der Waals surface area contributed by atoms with E-state index < -0.39 is 0 Å². The van der Waals surface area contributed by atoms with Gasteiger partial charge >= 0.3 is 0 Å². The second kappa shape index (κ2) is 29.4. The lowest BCUT2D eigenvalue weighted by atomic mass is 9.92. The van der Waals surface area contributed by atoms with Crippen LogP contribution >= 0.6 is 0 Å². The molecule has 10 bridgehead atoms. The number of rotatable bonds is 16. The maximum absolute atomic E-state index is 6.89. The third kappa shape index (κ3) is 16.9. The SMILES string of the molecule is CCCCCCCCOc1cc2cc(c1)Cc1cccc3c1OCCOc1ccccc1OCCOCCOc1ccccc1OCCOc1c(cccc1Cc1cc(cc(OCCCCCCCC)c1)C3)C2. The van der Waals surface area contributed by atoms with Crippen LogP contribution in [0.1, 0.15) is 135 Å². The molecule has 0 atom stereocenters. The van der Waals surface area contributed by atoms with Gasteiger partial charge in [-0.3, -0.25) is 0 Å². The van der Waals surface area contributed by atoms with E-state index in [1.807, 2.05) is 48.5 Å². The van der Waals surface area contributed by atoms with Crippen molar-refractivity contribution in [2.24, 2.45) is 0 Å². The van der Waals surface area contributed by atoms with Gasteiger partial charge in [0.25, 0.3) is 0 Å². The third-order valence-electron chi connectivity index (χ3n) is 13.4. The Balaban J connectivity index is 1.17. The summed E-state index contributed by atoms with van der Waals surface area (Å²) in [5.74, 6) is 6.15. The van der Waals surface area contributed by atoms with Gasteiger partial charge in [0.15, 0.2) is 23.0 Å². The number of unbranched alkanes of at least 4 members (excludes halogenated alkanes) is 10. The molecule has 0 aromatic heterocycles.